The molecule has 0 aliphatic heterocycles. The lowest BCUT2D eigenvalue weighted by Crippen LogP contribution is -2.41. The number of sulfonamides is 1. The highest BCUT2D eigenvalue weighted by Gasteiger charge is 2.26. The number of carbonyl (C=O) groups excluding carboxylic acids is 1. The summed E-state index contributed by atoms with van der Waals surface area (Å²) in [6.45, 7) is 5.39. The number of ether oxygens (including phenoxy) is 1. The highest BCUT2D eigenvalue weighted by atomic mass is 32.2. The van der Waals surface area contributed by atoms with Crippen LogP contribution in [0.1, 0.15) is 25.8 Å². The van der Waals surface area contributed by atoms with Crippen LogP contribution in [0.4, 0.5) is 0 Å². The van der Waals surface area contributed by atoms with E-state index in [1.54, 1.807) is 19.1 Å². The van der Waals surface area contributed by atoms with Crippen LogP contribution in [-0.4, -0.2) is 45.4 Å². The average molecular weight is 328 g/mol. The molecular formula is C15H24N2O4S. The minimum absolute atomic E-state index is 0.0112. The second-order valence-electron chi connectivity index (χ2n) is 5.29. The van der Waals surface area contributed by atoms with Gasteiger partial charge in [-0.05, 0) is 38.0 Å². The maximum atomic E-state index is 12.6. The topological polar surface area (TPSA) is 75.7 Å². The van der Waals surface area contributed by atoms with Gasteiger partial charge in [-0.1, -0.05) is 13.0 Å². The van der Waals surface area contributed by atoms with E-state index in [0.717, 1.165) is 16.3 Å². The monoisotopic (exact) mass is 328 g/mol. The molecule has 1 N–H and O–H groups in total. The van der Waals surface area contributed by atoms with E-state index >= 15 is 0 Å². The number of hydrogen-bond acceptors (Lipinski definition) is 4. The molecule has 0 unspecified atom stereocenters. The van der Waals surface area contributed by atoms with Gasteiger partial charge in [-0.25, -0.2) is 8.42 Å². The molecule has 1 atom stereocenters. The number of aryl methyl sites for hydroxylation is 1. The first-order valence-electron chi connectivity index (χ1n) is 7.12. The lowest BCUT2D eigenvalue weighted by atomic mass is 10.2. The van der Waals surface area contributed by atoms with Crippen molar-refractivity contribution in [1.82, 2.24) is 9.62 Å². The van der Waals surface area contributed by atoms with Crippen LogP contribution in [0.3, 0.4) is 0 Å². The van der Waals surface area contributed by atoms with E-state index in [4.69, 9.17) is 4.74 Å². The molecule has 124 valence electrons. The van der Waals surface area contributed by atoms with Crippen molar-refractivity contribution in [2.75, 3.05) is 20.7 Å². The lowest BCUT2D eigenvalue weighted by Gasteiger charge is -2.20. The summed E-state index contributed by atoms with van der Waals surface area (Å²) in [5, 5.41) is 2.75. The number of rotatable bonds is 7. The molecule has 22 heavy (non-hydrogen) atoms. The number of likely N-dealkylation sites (N-methyl/N-ethyl adjacent to an activating group) is 1. The molecule has 7 heteroatoms. The first-order chi connectivity index (χ1) is 10.2. The summed E-state index contributed by atoms with van der Waals surface area (Å²) in [6.07, 6.45) is 0.786. The molecule has 0 aromatic heterocycles. The van der Waals surface area contributed by atoms with E-state index in [2.05, 4.69) is 5.32 Å². The minimum Gasteiger partial charge on any atom is -0.495 e. The smallest absolute Gasteiger partial charge is 0.246 e. The number of carbonyl (C=O) groups is 1. The van der Waals surface area contributed by atoms with E-state index < -0.39 is 10.0 Å². The standard InChI is InChI=1S/C15H24N2O4S/c1-6-12(3)16-15(18)10-17(4)22(19,20)14-9-11(2)7-8-13(14)21-5/h7-9,12H,6,10H2,1-5H3,(H,16,18)/t12-/m0/s1. The Morgan fingerprint density at radius 2 is 2.05 bits per heavy atom. The summed E-state index contributed by atoms with van der Waals surface area (Å²) >= 11 is 0. The van der Waals surface area contributed by atoms with E-state index in [9.17, 15) is 13.2 Å². The van der Waals surface area contributed by atoms with Crippen molar-refractivity contribution in [2.45, 2.75) is 38.1 Å². The van der Waals surface area contributed by atoms with Gasteiger partial charge in [0.1, 0.15) is 10.6 Å². The normalized spacial score (nSPS) is 13.0. The van der Waals surface area contributed by atoms with Crippen molar-refractivity contribution in [3.63, 3.8) is 0 Å². The molecular weight excluding hydrogens is 304 g/mol. The molecule has 1 aromatic carbocycles. The highest BCUT2D eigenvalue weighted by molar-refractivity contribution is 7.89. The summed E-state index contributed by atoms with van der Waals surface area (Å²) in [5.41, 5.74) is 0.803. The first kappa shape index (κ1) is 18.4. The van der Waals surface area contributed by atoms with Crippen LogP contribution in [0.15, 0.2) is 23.1 Å². The summed E-state index contributed by atoms with van der Waals surface area (Å²) < 4.78 is 31.4. The third-order valence-electron chi connectivity index (χ3n) is 3.39. The van der Waals surface area contributed by atoms with Gasteiger partial charge in [0, 0.05) is 13.1 Å². The fraction of sp³-hybridized carbons (Fsp3) is 0.533. The Hall–Kier alpha value is -1.60. The van der Waals surface area contributed by atoms with Gasteiger partial charge >= 0.3 is 0 Å². The molecule has 0 radical (unpaired) electrons. The van der Waals surface area contributed by atoms with Crippen molar-refractivity contribution >= 4 is 15.9 Å². The molecule has 0 aliphatic rings. The van der Waals surface area contributed by atoms with Crippen LogP contribution in [0, 0.1) is 6.92 Å². The predicted molar refractivity (Wildman–Crippen MR) is 85.4 cm³/mol. The SMILES string of the molecule is CC[C@H](C)NC(=O)CN(C)S(=O)(=O)c1cc(C)ccc1OC. The Morgan fingerprint density at radius 3 is 2.59 bits per heavy atom. The molecule has 1 aromatic rings. The molecule has 0 saturated heterocycles. The fourth-order valence-electron chi connectivity index (χ4n) is 1.86. The molecule has 0 bridgehead atoms. The Bertz CT molecular complexity index is 628. The van der Waals surface area contributed by atoms with Crippen molar-refractivity contribution in [3.05, 3.63) is 23.8 Å². The predicted octanol–water partition coefficient (Wildman–Crippen LogP) is 1.54. The summed E-state index contributed by atoms with van der Waals surface area (Å²) in [6, 6.07) is 4.93. The van der Waals surface area contributed by atoms with Crippen molar-refractivity contribution in [2.24, 2.45) is 0 Å². The zero-order valence-electron chi connectivity index (χ0n) is 13.7. The third-order valence-corrected chi connectivity index (χ3v) is 5.22. The average Bonchev–Trinajstić information content (AvgIpc) is 2.46. The Kier molecular flexibility index (Phi) is 6.37. The van der Waals surface area contributed by atoms with Gasteiger partial charge in [-0.2, -0.15) is 4.31 Å². The van der Waals surface area contributed by atoms with Gasteiger partial charge in [0.15, 0.2) is 0 Å². The zero-order chi connectivity index (χ0) is 16.9. The van der Waals surface area contributed by atoms with Gasteiger partial charge < -0.3 is 10.1 Å². The summed E-state index contributed by atoms with van der Waals surface area (Å²) in [4.78, 5) is 11.9. The molecule has 6 nitrogen and oxygen atoms in total. The van der Waals surface area contributed by atoms with Gasteiger partial charge in [0.05, 0.1) is 13.7 Å². The number of nitrogens with one attached hydrogen (secondary N) is 1. The number of amides is 1. The molecule has 1 amide bonds. The summed E-state index contributed by atoms with van der Waals surface area (Å²) in [5.74, 6) is -0.0631. The minimum atomic E-state index is -3.79. The van der Waals surface area contributed by atoms with E-state index in [1.807, 2.05) is 13.8 Å². The largest absolute Gasteiger partial charge is 0.495 e. The van der Waals surface area contributed by atoms with Gasteiger partial charge in [-0.15, -0.1) is 0 Å². The van der Waals surface area contributed by atoms with Crippen LogP contribution in [0.25, 0.3) is 0 Å². The number of methoxy groups -OCH3 is 1. The molecule has 0 fully saturated rings. The van der Waals surface area contributed by atoms with Crippen LogP contribution in [0.2, 0.25) is 0 Å². The molecule has 0 heterocycles. The van der Waals surface area contributed by atoms with Gasteiger partial charge in [-0.3, -0.25) is 4.79 Å². The first-order valence-corrected chi connectivity index (χ1v) is 8.56. The van der Waals surface area contributed by atoms with Crippen LogP contribution in [-0.2, 0) is 14.8 Å². The van der Waals surface area contributed by atoms with E-state index in [1.165, 1.54) is 20.2 Å². The quantitative estimate of drug-likeness (QED) is 0.824. The molecule has 1 rings (SSSR count). The van der Waals surface area contributed by atoms with Gasteiger partial charge in [0.25, 0.3) is 0 Å². The Morgan fingerprint density at radius 1 is 1.41 bits per heavy atom. The second kappa shape index (κ2) is 7.60. The van der Waals surface area contributed by atoms with Crippen molar-refractivity contribution < 1.29 is 17.9 Å². The van der Waals surface area contributed by atoms with Crippen LogP contribution in [0.5, 0.6) is 5.75 Å². The number of hydrogen-bond donors (Lipinski definition) is 1. The third kappa shape index (κ3) is 4.45. The highest BCUT2D eigenvalue weighted by Crippen LogP contribution is 2.26. The van der Waals surface area contributed by atoms with Gasteiger partial charge in [0.2, 0.25) is 15.9 Å². The Balaban J connectivity index is 2.99. The van der Waals surface area contributed by atoms with Crippen molar-refractivity contribution in [1.29, 1.82) is 0 Å². The van der Waals surface area contributed by atoms with Crippen molar-refractivity contribution in [3.8, 4) is 5.75 Å². The van der Waals surface area contributed by atoms with E-state index in [0.29, 0.717) is 0 Å². The lowest BCUT2D eigenvalue weighted by molar-refractivity contribution is -0.121. The number of benzene rings is 1. The zero-order valence-corrected chi connectivity index (χ0v) is 14.5. The van der Waals surface area contributed by atoms with Crippen LogP contribution >= 0.6 is 0 Å². The van der Waals surface area contributed by atoms with E-state index in [-0.39, 0.29) is 29.1 Å². The maximum Gasteiger partial charge on any atom is 0.246 e. The maximum absolute atomic E-state index is 12.6. The number of nitrogens with zero attached hydrogens (tertiary/aromatic N) is 1. The fourth-order valence-corrected chi connectivity index (χ4v) is 3.23. The molecule has 0 aliphatic carbocycles. The molecule has 0 spiro atoms. The molecule has 0 saturated carbocycles. The van der Waals surface area contributed by atoms with Crippen LogP contribution < -0.4 is 10.1 Å². The Labute approximate surface area is 132 Å². The summed E-state index contributed by atoms with van der Waals surface area (Å²) in [7, 11) is -0.996. The second-order valence-corrected chi connectivity index (χ2v) is 7.31.